The van der Waals surface area contributed by atoms with Crippen LogP contribution in [0.25, 0.3) is 6.08 Å². The SMILES string of the molecule is Cc1nn(C)c(C)c1/C=C/C(=O)N1CCN(S(=O)(=O)c2ccc3c(c2)CCCC3)CC1. The fraction of sp³-hybridized carbons (Fsp3) is 0.478. The molecule has 0 bridgehead atoms. The van der Waals surface area contributed by atoms with E-state index in [2.05, 4.69) is 5.10 Å². The van der Waals surface area contributed by atoms with Crippen molar-refractivity contribution in [2.45, 2.75) is 44.4 Å². The smallest absolute Gasteiger partial charge is 0.246 e. The molecule has 4 rings (SSSR count). The molecule has 1 aliphatic heterocycles. The largest absolute Gasteiger partial charge is 0.337 e. The lowest BCUT2D eigenvalue weighted by molar-refractivity contribution is -0.127. The van der Waals surface area contributed by atoms with E-state index in [4.69, 9.17) is 0 Å². The van der Waals surface area contributed by atoms with Gasteiger partial charge in [0.05, 0.1) is 10.6 Å². The van der Waals surface area contributed by atoms with Gasteiger partial charge >= 0.3 is 0 Å². The quantitative estimate of drug-likeness (QED) is 0.682. The van der Waals surface area contributed by atoms with Crippen LogP contribution >= 0.6 is 0 Å². The lowest BCUT2D eigenvalue weighted by Gasteiger charge is -2.33. The predicted octanol–water partition coefficient (Wildman–Crippen LogP) is 2.46. The number of carbonyl (C=O) groups is 1. The molecule has 2 heterocycles. The monoisotopic (exact) mass is 442 g/mol. The molecular weight excluding hydrogens is 412 g/mol. The molecule has 1 amide bonds. The molecule has 0 saturated carbocycles. The summed E-state index contributed by atoms with van der Waals surface area (Å²) in [5.41, 5.74) is 5.26. The first-order chi connectivity index (χ1) is 14.8. The van der Waals surface area contributed by atoms with E-state index >= 15 is 0 Å². The van der Waals surface area contributed by atoms with Gasteiger partial charge in [0.15, 0.2) is 0 Å². The summed E-state index contributed by atoms with van der Waals surface area (Å²) in [6.45, 7) is 5.28. The minimum Gasteiger partial charge on any atom is -0.337 e. The predicted molar refractivity (Wildman–Crippen MR) is 120 cm³/mol. The number of piperazine rings is 1. The number of nitrogens with zero attached hydrogens (tertiary/aromatic N) is 4. The van der Waals surface area contributed by atoms with E-state index in [9.17, 15) is 13.2 Å². The van der Waals surface area contributed by atoms with Crippen molar-refractivity contribution < 1.29 is 13.2 Å². The van der Waals surface area contributed by atoms with Crippen LogP contribution < -0.4 is 0 Å². The van der Waals surface area contributed by atoms with Crippen LogP contribution in [0.3, 0.4) is 0 Å². The summed E-state index contributed by atoms with van der Waals surface area (Å²) in [4.78, 5) is 14.7. The number of hydrogen-bond acceptors (Lipinski definition) is 4. The normalized spacial score (nSPS) is 17.8. The van der Waals surface area contributed by atoms with Crippen molar-refractivity contribution in [1.82, 2.24) is 19.0 Å². The van der Waals surface area contributed by atoms with Gasteiger partial charge in [-0.15, -0.1) is 0 Å². The summed E-state index contributed by atoms with van der Waals surface area (Å²) in [6, 6.07) is 5.55. The third kappa shape index (κ3) is 4.32. The molecule has 1 saturated heterocycles. The maximum Gasteiger partial charge on any atom is 0.246 e. The highest BCUT2D eigenvalue weighted by atomic mass is 32.2. The van der Waals surface area contributed by atoms with E-state index in [0.29, 0.717) is 31.1 Å². The van der Waals surface area contributed by atoms with E-state index in [1.54, 1.807) is 27.8 Å². The van der Waals surface area contributed by atoms with Gasteiger partial charge in [0.2, 0.25) is 15.9 Å². The fourth-order valence-corrected chi connectivity index (χ4v) is 5.93. The summed E-state index contributed by atoms with van der Waals surface area (Å²) >= 11 is 0. The standard InChI is InChI=1S/C23H30N4O3S/c1-17-22(18(2)25(3)24-17)10-11-23(28)26-12-14-27(15-13-26)31(29,30)21-9-8-19-6-4-5-7-20(19)16-21/h8-11,16H,4-7,12-15H2,1-3H3/b11-10+. The number of hydrogen-bond donors (Lipinski definition) is 0. The lowest BCUT2D eigenvalue weighted by Crippen LogP contribution is -2.50. The van der Waals surface area contributed by atoms with Gasteiger partial charge in [0.25, 0.3) is 0 Å². The van der Waals surface area contributed by atoms with Gasteiger partial charge in [0.1, 0.15) is 0 Å². The van der Waals surface area contributed by atoms with Crippen LogP contribution in [0.5, 0.6) is 0 Å². The van der Waals surface area contributed by atoms with Gasteiger partial charge in [0, 0.05) is 50.6 Å². The number of sulfonamides is 1. The topological polar surface area (TPSA) is 75.5 Å². The average Bonchev–Trinajstić information content (AvgIpc) is 3.02. The molecule has 0 radical (unpaired) electrons. The third-order valence-corrected chi connectivity index (χ3v) is 8.36. The molecule has 0 spiro atoms. The first-order valence-electron chi connectivity index (χ1n) is 10.9. The summed E-state index contributed by atoms with van der Waals surface area (Å²) in [7, 11) is -1.66. The van der Waals surface area contributed by atoms with E-state index < -0.39 is 10.0 Å². The van der Waals surface area contributed by atoms with Crippen LogP contribution in [0.15, 0.2) is 29.2 Å². The maximum absolute atomic E-state index is 13.1. The summed E-state index contributed by atoms with van der Waals surface area (Å²) in [6.07, 6.45) is 7.62. The Labute approximate surface area is 184 Å². The lowest BCUT2D eigenvalue weighted by atomic mass is 9.92. The maximum atomic E-state index is 13.1. The Morgan fingerprint density at radius 2 is 1.71 bits per heavy atom. The van der Waals surface area contributed by atoms with Crippen LogP contribution in [0.1, 0.15) is 40.9 Å². The van der Waals surface area contributed by atoms with Gasteiger partial charge in [-0.05, 0) is 68.9 Å². The van der Waals surface area contributed by atoms with E-state index in [0.717, 1.165) is 41.8 Å². The van der Waals surface area contributed by atoms with Crippen LogP contribution in [0, 0.1) is 13.8 Å². The molecule has 2 aromatic rings. The summed E-state index contributed by atoms with van der Waals surface area (Å²) in [5.74, 6) is -0.103. The second kappa shape index (κ2) is 8.59. The van der Waals surface area contributed by atoms with Gasteiger partial charge in [-0.25, -0.2) is 8.42 Å². The highest BCUT2D eigenvalue weighted by molar-refractivity contribution is 7.89. The molecule has 1 aliphatic carbocycles. The molecule has 0 N–H and O–H groups in total. The number of aromatic nitrogens is 2. The van der Waals surface area contributed by atoms with Gasteiger partial charge in [-0.2, -0.15) is 9.40 Å². The zero-order valence-electron chi connectivity index (χ0n) is 18.5. The molecule has 7 nitrogen and oxygen atoms in total. The Morgan fingerprint density at radius 3 is 2.35 bits per heavy atom. The minimum atomic E-state index is -3.54. The summed E-state index contributed by atoms with van der Waals surface area (Å²) in [5, 5.41) is 4.36. The minimum absolute atomic E-state index is 0.103. The van der Waals surface area contributed by atoms with E-state index in [-0.39, 0.29) is 5.91 Å². The molecule has 1 fully saturated rings. The third-order valence-electron chi connectivity index (χ3n) is 6.47. The van der Waals surface area contributed by atoms with Gasteiger partial charge in [-0.1, -0.05) is 6.07 Å². The van der Waals surface area contributed by atoms with Crippen molar-refractivity contribution in [2.75, 3.05) is 26.2 Å². The van der Waals surface area contributed by atoms with Gasteiger partial charge in [-0.3, -0.25) is 9.48 Å². The van der Waals surface area contributed by atoms with Crippen LogP contribution in [0.2, 0.25) is 0 Å². The van der Waals surface area contributed by atoms with Crippen molar-refractivity contribution in [1.29, 1.82) is 0 Å². The van der Waals surface area contributed by atoms with Crippen LogP contribution in [-0.4, -0.2) is 59.5 Å². The van der Waals surface area contributed by atoms with Crippen molar-refractivity contribution in [2.24, 2.45) is 7.05 Å². The molecule has 1 aromatic carbocycles. The van der Waals surface area contributed by atoms with Crippen LogP contribution in [-0.2, 0) is 34.7 Å². The van der Waals surface area contributed by atoms with E-state index in [1.807, 2.05) is 33.0 Å². The number of amides is 1. The zero-order valence-corrected chi connectivity index (χ0v) is 19.3. The van der Waals surface area contributed by atoms with E-state index in [1.165, 1.54) is 16.3 Å². The number of aryl methyl sites for hydroxylation is 4. The highest BCUT2D eigenvalue weighted by Gasteiger charge is 2.30. The first-order valence-corrected chi connectivity index (χ1v) is 12.3. The Kier molecular flexibility index (Phi) is 6.03. The Morgan fingerprint density at radius 1 is 1.03 bits per heavy atom. The molecule has 31 heavy (non-hydrogen) atoms. The van der Waals surface area contributed by atoms with Gasteiger partial charge < -0.3 is 4.90 Å². The Balaban J connectivity index is 1.41. The molecule has 8 heteroatoms. The molecule has 2 aliphatic rings. The molecular formula is C23H30N4O3S. The van der Waals surface area contributed by atoms with Crippen molar-refractivity contribution in [3.63, 3.8) is 0 Å². The summed E-state index contributed by atoms with van der Waals surface area (Å²) < 4.78 is 29.6. The molecule has 0 unspecified atom stereocenters. The van der Waals surface area contributed by atoms with Crippen LogP contribution in [0.4, 0.5) is 0 Å². The highest BCUT2D eigenvalue weighted by Crippen LogP contribution is 2.26. The number of benzene rings is 1. The number of fused-ring (bicyclic) bond motifs is 1. The number of rotatable bonds is 4. The second-order valence-electron chi connectivity index (χ2n) is 8.41. The molecule has 0 atom stereocenters. The van der Waals surface area contributed by atoms with Crippen molar-refractivity contribution in [3.8, 4) is 0 Å². The fourth-order valence-electron chi connectivity index (χ4n) is 4.46. The van der Waals surface area contributed by atoms with Crippen molar-refractivity contribution in [3.05, 3.63) is 52.4 Å². The number of carbonyl (C=O) groups excluding carboxylic acids is 1. The first kappa shape index (κ1) is 21.8. The zero-order chi connectivity index (χ0) is 22.2. The Bertz CT molecular complexity index is 1130. The average molecular weight is 443 g/mol. The Hall–Kier alpha value is -2.45. The molecule has 1 aromatic heterocycles. The van der Waals surface area contributed by atoms with Crippen molar-refractivity contribution >= 4 is 22.0 Å². The second-order valence-corrected chi connectivity index (χ2v) is 10.3. The molecule has 166 valence electrons.